The summed E-state index contributed by atoms with van der Waals surface area (Å²) in [5, 5.41) is 3.74. The maximum absolute atomic E-state index is 12.7. The Morgan fingerprint density at radius 3 is 2.58 bits per heavy atom. The van der Waals surface area contributed by atoms with E-state index >= 15 is 0 Å². The van der Waals surface area contributed by atoms with Crippen molar-refractivity contribution < 1.29 is 14.3 Å². The van der Waals surface area contributed by atoms with Gasteiger partial charge in [0.05, 0.1) is 29.1 Å². The first kappa shape index (κ1) is 21.0. The van der Waals surface area contributed by atoms with Crippen molar-refractivity contribution in [3.05, 3.63) is 78.9 Å². The molecule has 158 valence electrons. The van der Waals surface area contributed by atoms with Crippen LogP contribution in [0, 0.1) is 0 Å². The summed E-state index contributed by atoms with van der Waals surface area (Å²) in [5.41, 5.74) is 2.57. The molecule has 1 heterocycles. The molecule has 0 spiro atoms. The summed E-state index contributed by atoms with van der Waals surface area (Å²) in [4.78, 5) is 17.4. The highest BCUT2D eigenvalue weighted by Crippen LogP contribution is 2.30. The number of ether oxygens (including phenoxy) is 2. The fourth-order valence-corrected chi connectivity index (χ4v) is 3.99. The summed E-state index contributed by atoms with van der Waals surface area (Å²) in [7, 11) is 1.67. The van der Waals surface area contributed by atoms with E-state index in [1.807, 2.05) is 78.9 Å². The van der Waals surface area contributed by atoms with E-state index in [1.165, 1.54) is 11.8 Å². The number of fused-ring (bicyclic) bond motifs is 1. The van der Waals surface area contributed by atoms with Gasteiger partial charge in [-0.15, -0.1) is 0 Å². The Hall–Kier alpha value is -3.29. The summed E-state index contributed by atoms with van der Waals surface area (Å²) < 4.78 is 13.2. The predicted octanol–water partition coefficient (Wildman–Crippen LogP) is 5.21. The first-order chi connectivity index (χ1) is 15.2. The number of carbonyl (C=O) groups is 1. The van der Waals surface area contributed by atoms with Crippen LogP contribution >= 0.6 is 11.8 Å². The number of anilines is 1. The molecular weight excluding hydrogens is 410 g/mol. The largest absolute Gasteiger partial charge is 0.455 e. The van der Waals surface area contributed by atoms with Gasteiger partial charge in [-0.3, -0.25) is 4.79 Å². The van der Waals surface area contributed by atoms with E-state index in [9.17, 15) is 4.79 Å². The standard InChI is InChI=1S/C24H23N3O3S/c1-29-16-15-27-21-13-7-5-11-19(21)26-24(27)31-17-23(28)25-20-12-6-8-14-22(20)30-18-9-3-2-4-10-18/h2-14H,15-17H2,1H3,(H,25,28). The second-order valence-corrected chi connectivity index (χ2v) is 7.72. The minimum atomic E-state index is -0.126. The van der Waals surface area contributed by atoms with E-state index in [0.717, 1.165) is 16.2 Å². The van der Waals surface area contributed by atoms with Gasteiger partial charge in [0.2, 0.25) is 5.91 Å². The smallest absolute Gasteiger partial charge is 0.234 e. The molecule has 0 radical (unpaired) electrons. The Morgan fingerprint density at radius 2 is 1.74 bits per heavy atom. The van der Waals surface area contributed by atoms with Gasteiger partial charge in [-0.2, -0.15) is 0 Å². The molecule has 1 amide bonds. The first-order valence-electron chi connectivity index (χ1n) is 9.93. The Balaban J connectivity index is 1.45. The van der Waals surface area contributed by atoms with E-state index < -0.39 is 0 Å². The van der Waals surface area contributed by atoms with E-state index in [0.29, 0.717) is 30.3 Å². The van der Waals surface area contributed by atoms with E-state index in [-0.39, 0.29) is 11.7 Å². The molecule has 4 aromatic rings. The van der Waals surface area contributed by atoms with Crippen molar-refractivity contribution in [1.82, 2.24) is 9.55 Å². The molecule has 7 heteroatoms. The number of nitrogens with one attached hydrogen (secondary N) is 1. The van der Waals surface area contributed by atoms with E-state index in [2.05, 4.69) is 14.9 Å². The third-order valence-electron chi connectivity index (χ3n) is 4.60. The molecule has 0 aliphatic heterocycles. The summed E-state index contributed by atoms with van der Waals surface area (Å²) in [6.45, 7) is 1.25. The number of amides is 1. The van der Waals surface area contributed by atoms with Crippen molar-refractivity contribution in [3.63, 3.8) is 0 Å². The van der Waals surface area contributed by atoms with E-state index in [1.54, 1.807) is 7.11 Å². The Morgan fingerprint density at radius 1 is 1.00 bits per heavy atom. The van der Waals surface area contributed by atoms with Gasteiger partial charge in [-0.05, 0) is 36.4 Å². The molecule has 1 aromatic heterocycles. The number of rotatable bonds is 9. The molecule has 4 rings (SSSR count). The highest BCUT2D eigenvalue weighted by atomic mass is 32.2. The van der Waals surface area contributed by atoms with Crippen molar-refractivity contribution in [1.29, 1.82) is 0 Å². The van der Waals surface area contributed by atoms with Gasteiger partial charge in [0.15, 0.2) is 10.9 Å². The second kappa shape index (κ2) is 10.1. The van der Waals surface area contributed by atoms with Gasteiger partial charge in [0.1, 0.15) is 5.75 Å². The van der Waals surface area contributed by atoms with Crippen LogP contribution in [0.4, 0.5) is 5.69 Å². The molecule has 0 saturated carbocycles. The maximum atomic E-state index is 12.7. The summed E-state index contributed by atoms with van der Waals surface area (Å²) in [6, 6.07) is 24.8. The average Bonchev–Trinajstić information content (AvgIpc) is 3.16. The van der Waals surface area contributed by atoms with Crippen LogP contribution in [0.15, 0.2) is 84.0 Å². The van der Waals surface area contributed by atoms with Crippen molar-refractivity contribution >= 4 is 34.4 Å². The molecule has 0 aliphatic carbocycles. The number of benzene rings is 3. The zero-order valence-corrected chi connectivity index (χ0v) is 18.0. The van der Waals surface area contributed by atoms with Crippen molar-refractivity contribution in [2.75, 3.05) is 24.8 Å². The summed E-state index contributed by atoms with van der Waals surface area (Å²) >= 11 is 1.40. The molecule has 0 aliphatic rings. The number of aromatic nitrogens is 2. The highest BCUT2D eigenvalue weighted by molar-refractivity contribution is 7.99. The zero-order valence-electron chi connectivity index (χ0n) is 17.2. The molecular formula is C24H23N3O3S. The minimum Gasteiger partial charge on any atom is -0.455 e. The minimum absolute atomic E-state index is 0.126. The lowest BCUT2D eigenvalue weighted by Gasteiger charge is -2.12. The Bertz CT molecular complexity index is 1160. The lowest BCUT2D eigenvalue weighted by molar-refractivity contribution is -0.113. The van der Waals surface area contributed by atoms with Crippen molar-refractivity contribution in [2.24, 2.45) is 0 Å². The third kappa shape index (κ3) is 5.25. The average molecular weight is 434 g/mol. The fraction of sp³-hybridized carbons (Fsp3) is 0.167. The third-order valence-corrected chi connectivity index (χ3v) is 5.58. The monoisotopic (exact) mass is 433 g/mol. The number of hydrogen-bond donors (Lipinski definition) is 1. The van der Waals surface area contributed by atoms with Crippen LogP contribution in [0.3, 0.4) is 0 Å². The molecule has 31 heavy (non-hydrogen) atoms. The van der Waals surface area contributed by atoms with Crippen LogP contribution in [0.25, 0.3) is 11.0 Å². The van der Waals surface area contributed by atoms with Gasteiger partial charge in [-0.25, -0.2) is 4.98 Å². The first-order valence-corrected chi connectivity index (χ1v) is 10.9. The number of methoxy groups -OCH3 is 1. The fourth-order valence-electron chi connectivity index (χ4n) is 3.15. The van der Waals surface area contributed by atoms with Gasteiger partial charge in [-0.1, -0.05) is 54.2 Å². The molecule has 3 aromatic carbocycles. The van der Waals surface area contributed by atoms with Gasteiger partial charge < -0.3 is 19.4 Å². The summed E-state index contributed by atoms with van der Waals surface area (Å²) in [6.07, 6.45) is 0. The van der Waals surface area contributed by atoms with Crippen LogP contribution in [0.5, 0.6) is 11.5 Å². The van der Waals surface area contributed by atoms with Gasteiger partial charge in [0, 0.05) is 13.7 Å². The van der Waals surface area contributed by atoms with Crippen LogP contribution in [0.2, 0.25) is 0 Å². The van der Waals surface area contributed by atoms with Gasteiger partial charge in [0.25, 0.3) is 0 Å². The van der Waals surface area contributed by atoms with Crippen LogP contribution < -0.4 is 10.1 Å². The van der Waals surface area contributed by atoms with E-state index in [4.69, 9.17) is 9.47 Å². The number of nitrogens with zero attached hydrogens (tertiary/aromatic N) is 2. The Labute approximate surface area is 185 Å². The molecule has 0 saturated heterocycles. The number of hydrogen-bond acceptors (Lipinski definition) is 5. The molecule has 0 fully saturated rings. The predicted molar refractivity (Wildman–Crippen MR) is 124 cm³/mol. The Kier molecular flexibility index (Phi) is 6.86. The quantitative estimate of drug-likeness (QED) is 0.367. The van der Waals surface area contributed by atoms with Crippen LogP contribution in [0.1, 0.15) is 0 Å². The van der Waals surface area contributed by atoms with Crippen molar-refractivity contribution in [2.45, 2.75) is 11.7 Å². The maximum Gasteiger partial charge on any atom is 0.234 e. The normalized spacial score (nSPS) is 10.9. The number of thioether (sulfide) groups is 1. The number of para-hydroxylation sites is 5. The van der Waals surface area contributed by atoms with Crippen LogP contribution in [-0.2, 0) is 16.1 Å². The highest BCUT2D eigenvalue weighted by Gasteiger charge is 2.14. The van der Waals surface area contributed by atoms with Crippen molar-refractivity contribution in [3.8, 4) is 11.5 Å². The summed E-state index contributed by atoms with van der Waals surface area (Å²) in [5.74, 6) is 1.42. The lowest BCUT2D eigenvalue weighted by Crippen LogP contribution is -2.15. The molecule has 1 N–H and O–H groups in total. The molecule has 6 nitrogen and oxygen atoms in total. The number of carbonyl (C=O) groups excluding carboxylic acids is 1. The molecule has 0 unspecified atom stereocenters. The van der Waals surface area contributed by atoms with Gasteiger partial charge >= 0.3 is 0 Å². The molecule has 0 bridgehead atoms. The SMILES string of the molecule is COCCn1c(SCC(=O)Nc2ccccc2Oc2ccccc2)nc2ccccc21. The topological polar surface area (TPSA) is 65.4 Å². The molecule has 0 atom stereocenters. The number of imidazole rings is 1. The zero-order chi connectivity index (χ0) is 21.5. The second-order valence-electron chi connectivity index (χ2n) is 6.78. The lowest BCUT2D eigenvalue weighted by atomic mass is 10.3. The van der Waals surface area contributed by atoms with Crippen LogP contribution in [-0.4, -0.2) is 34.9 Å².